The smallest absolute Gasteiger partial charge is 0.0612 e. The van der Waals surface area contributed by atoms with Crippen molar-refractivity contribution < 1.29 is 5.11 Å². The van der Waals surface area contributed by atoms with Crippen LogP contribution in [0, 0.1) is 0 Å². The van der Waals surface area contributed by atoms with Crippen LogP contribution < -0.4 is 0 Å². The van der Waals surface area contributed by atoms with Crippen molar-refractivity contribution in [3.63, 3.8) is 0 Å². The summed E-state index contributed by atoms with van der Waals surface area (Å²) in [5.74, 6) is 0. The first kappa shape index (κ1) is 7.44. The molecule has 0 aliphatic carbocycles. The van der Waals surface area contributed by atoms with Crippen molar-refractivity contribution >= 4 is 0 Å². The summed E-state index contributed by atoms with van der Waals surface area (Å²) in [5, 5.41) is 8.25. The summed E-state index contributed by atoms with van der Waals surface area (Å²) in [6.45, 7) is 3.71. The van der Waals surface area contributed by atoms with E-state index < -0.39 is 0 Å². The summed E-state index contributed by atoms with van der Waals surface area (Å²) in [6, 6.07) is 0. The molecule has 0 saturated carbocycles. The highest BCUT2D eigenvalue weighted by Crippen LogP contribution is 1.89. The van der Waals surface area contributed by atoms with Crippen LogP contribution in [0.5, 0.6) is 0 Å². The average Bonchev–Trinajstić information content (AvgIpc) is 1.81. The maximum Gasteiger partial charge on any atom is 0.0612 e. The molecule has 0 amide bonds. The Hall–Kier alpha value is -0.560. The Morgan fingerprint density at radius 1 is 1.25 bits per heavy atom. The van der Waals surface area contributed by atoms with E-state index in [0.29, 0.717) is 0 Å². The molecule has 1 N–H and O–H groups in total. The Morgan fingerprint density at radius 2 is 2.00 bits per heavy atom. The van der Waals surface area contributed by atoms with Gasteiger partial charge in [0.2, 0.25) is 0 Å². The van der Waals surface area contributed by atoms with Crippen LogP contribution in [-0.2, 0) is 0 Å². The first-order valence-corrected chi connectivity index (χ1v) is 2.78. The van der Waals surface area contributed by atoms with E-state index in [-0.39, 0.29) is 6.61 Å². The first-order chi connectivity index (χ1) is 3.91. The van der Waals surface area contributed by atoms with Crippen LogP contribution in [0.2, 0.25) is 0 Å². The third-order valence-corrected chi connectivity index (χ3v) is 0.810. The van der Waals surface area contributed by atoms with Gasteiger partial charge in [-0.3, -0.25) is 0 Å². The number of aliphatic hydroxyl groups excluding tert-OH is 1. The minimum atomic E-state index is 0.150. The number of rotatable bonds is 4. The second kappa shape index (κ2) is 6.44. The second-order valence-corrected chi connectivity index (χ2v) is 1.52. The summed E-state index contributed by atoms with van der Waals surface area (Å²) in [4.78, 5) is 0. The van der Waals surface area contributed by atoms with Crippen LogP contribution in [0.3, 0.4) is 0 Å². The largest absolute Gasteiger partial charge is 0.392 e. The van der Waals surface area contributed by atoms with Gasteiger partial charge in [0.25, 0.3) is 0 Å². The molecule has 0 rings (SSSR count). The lowest BCUT2D eigenvalue weighted by Crippen LogP contribution is -1.70. The molecule has 46 valence electrons. The van der Waals surface area contributed by atoms with E-state index in [1.165, 1.54) is 0 Å². The van der Waals surface area contributed by atoms with Crippen LogP contribution in [0.25, 0.3) is 0 Å². The summed E-state index contributed by atoms with van der Waals surface area (Å²) in [7, 11) is 0. The molecule has 0 heterocycles. The molecule has 0 aromatic carbocycles. The molecule has 0 saturated heterocycles. The molecular formula is C7H12O. The highest BCUT2D eigenvalue weighted by Gasteiger charge is 1.71. The quantitative estimate of drug-likeness (QED) is 0.431. The van der Waals surface area contributed by atoms with Gasteiger partial charge in [-0.1, -0.05) is 18.2 Å². The van der Waals surface area contributed by atoms with Gasteiger partial charge >= 0.3 is 0 Å². The van der Waals surface area contributed by atoms with Crippen molar-refractivity contribution in [3.05, 3.63) is 24.8 Å². The van der Waals surface area contributed by atoms with Crippen molar-refractivity contribution in [1.82, 2.24) is 0 Å². The number of aliphatic hydroxyl groups is 1. The summed E-state index contributed by atoms with van der Waals surface area (Å²) >= 11 is 0. The number of hydrogen-bond acceptors (Lipinski definition) is 1. The molecule has 0 bridgehead atoms. The van der Waals surface area contributed by atoms with E-state index in [4.69, 9.17) is 5.11 Å². The van der Waals surface area contributed by atoms with E-state index in [9.17, 15) is 0 Å². The van der Waals surface area contributed by atoms with Crippen LogP contribution in [0.1, 0.15) is 12.8 Å². The van der Waals surface area contributed by atoms with E-state index >= 15 is 0 Å². The minimum absolute atomic E-state index is 0.150. The molecule has 0 aromatic heterocycles. The predicted molar refractivity (Wildman–Crippen MR) is 35.7 cm³/mol. The van der Waals surface area contributed by atoms with Gasteiger partial charge in [-0.2, -0.15) is 0 Å². The van der Waals surface area contributed by atoms with Gasteiger partial charge in [-0.25, -0.2) is 0 Å². The van der Waals surface area contributed by atoms with E-state index in [2.05, 4.69) is 6.58 Å². The molecule has 0 aliphatic heterocycles. The Morgan fingerprint density at radius 3 is 2.50 bits per heavy atom. The molecule has 1 heteroatoms. The number of allylic oxidation sites excluding steroid dienone is 2. The summed E-state index contributed by atoms with van der Waals surface area (Å²) in [5.41, 5.74) is 0. The van der Waals surface area contributed by atoms with E-state index in [1.807, 2.05) is 12.2 Å². The van der Waals surface area contributed by atoms with Crippen molar-refractivity contribution in [1.29, 1.82) is 0 Å². The zero-order chi connectivity index (χ0) is 6.24. The van der Waals surface area contributed by atoms with Gasteiger partial charge in [0.15, 0.2) is 0 Å². The monoisotopic (exact) mass is 112 g/mol. The van der Waals surface area contributed by atoms with Crippen LogP contribution in [0.15, 0.2) is 24.8 Å². The fourth-order valence-electron chi connectivity index (χ4n) is 0.406. The van der Waals surface area contributed by atoms with E-state index in [0.717, 1.165) is 12.8 Å². The molecule has 0 aromatic rings. The van der Waals surface area contributed by atoms with Crippen molar-refractivity contribution in [3.8, 4) is 0 Å². The van der Waals surface area contributed by atoms with Crippen molar-refractivity contribution in [2.45, 2.75) is 12.8 Å². The Bertz CT molecular complexity index is 74.5. The molecule has 0 unspecified atom stereocenters. The molecular weight excluding hydrogens is 100 g/mol. The molecule has 8 heavy (non-hydrogen) atoms. The van der Waals surface area contributed by atoms with Crippen molar-refractivity contribution in [2.75, 3.05) is 6.61 Å². The number of unbranched alkanes of at least 4 members (excludes halogenated alkanes) is 1. The topological polar surface area (TPSA) is 20.2 Å². The van der Waals surface area contributed by atoms with Crippen molar-refractivity contribution in [2.24, 2.45) is 0 Å². The molecule has 1 nitrogen and oxygen atoms in total. The molecule has 0 fully saturated rings. The van der Waals surface area contributed by atoms with E-state index in [1.54, 1.807) is 6.08 Å². The fraction of sp³-hybridized carbons (Fsp3) is 0.429. The Kier molecular flexibility index (Phi) is 5.99. The second-order valence-electron chi connectivity index (χ2n) is 1.52. The SMILES string of the molecule is C=CCC/C=C/CO. The maximum absolute atomic E-state index is 8.25. The van der Waals surface area contributed by atoms with Gasteiger partial charge in [0.05, 0.1) is 6.61 Å². The van der Waals surface area contributed by atoms with Crippen LogP contribution >= 0.6 is 0 Å². The summed E-state index contributed by atoms with van der Waals surface area (Å²) in [6.07, 6.45) is 7.54. The maximum atomic E-state index is 8.25. The number of hydrogen-bond donors (Lipinski definition) is 1. The lowest BCUT2D eigenvalue weighted by molar-refractivity contribution is 0.342. The van der Waals surface area contributed by atoms with Gasteiger partial charge in [0.1, 0.15) is 0 Å². The standard InChI is InChI=1S/C7H12O/c1-2-3-4-5-6-7-8/h2,5-6,8H,1,3-4,7H2/b6-5+. The highest BCUT2D eigenvalue weighted by molar-refractivity contribution is 4.83. The minimum Gasteiger partial charge on any atom is -0.392 e. The first-order valence-electron chi connectivity index (χ1n) is 2.78. The molecule has 0 radical (unpaired) electrons. The third kappa shape index (κ3) is 5.44. The predicted octanol–water partition coefficient (Wildman–Crippen LogP) is 1.50. The third-order valence-electron chi connectivity index (χ3n) is 0.810. The zero-order valence-electron chi connectivity index (χ0n) is 5.01. The van der Waals surface area contributed by atoms with Crippen LogP contribution in [-0.4, -0.2) is 11.7 Å². The lowest BCUT2D eigenvalue weighted by Gasteiger charge is -1.81. The molecule has 0 aliphatic rings. The fourth-order valence-corrected chi connectivity index (χ4v) is 0.406. The lowest BCUT2D eigenvalue weighted by atomic mass is 10.3. The van der Waals surface area contributed by atoms with Gasteiger partial charge in [-0.05, 0) is 12.8 Å². The van der Waals surface area contributed by atoms with Crippen LogP contribution in [0.4, 0.5) is 0 Å². The highest BCUT2D eigenvalue weighted by atomic mass is 16.2. The zero-order valence-corrected chi connectivity index (χ0v) is 5.01. The van der Waals surface area contributed by atoms with Gasteiger partial charge in [-0.15, -0.1) is 6.58 Å². The Labute approximate surface area is 50.3 Å². The summed E-state index contributed by atoms with van der Waals surface area (Å²) < 4.78 is 0. The molecule has 0 atom stereocenters. The van der Waals surface area contributed by atoms with Gasteiger partial charge in [0, 0.05) is 0 Å². The average molecular weight is 112 g/mol. The normalized spacial score (nSPS) is 10.1. The van der Waals surface area contributed by atoms with Gasteiger partial charge < -0.3 is 5.11 Å². The Balaban J connectivity index is 2.90. The molecule has 0 spiro atoms.